The summed E-state index contributed by atoms with van der Waals surface area (Å²) in [7, 11) is 0. The zero-order valence-corrected chi connectivity index (χ0v) is 16.7. The van der Waals surface area contributed by atoms with Crippen molar-refractivity contribution in [2.75, 3.05) is 5.32 Å². The molecule has 8 heteroatoms. The fourth-order valence-electron chi connectivity index (χ4n) is 2.17. The molecule has 0 aliphatic rings. The van der Waals surface area contributed by atoms with Crippen LogP contribution in [0.25, 0.3) is 0 Å². The molecule has 0 aromatic heterocycles. The fourth-order valence-corrected chi connectivity index (χ4v) is 2.52. The van der Waals surface area contributed by atoms with Gasteiger partial charge in [-0.1, -0.05) is 29.3 Å². The molecule has 0 heterocycles. The highest BCUT2D eigenvalue weighted by atomic mass is 35.5. The van der Waals surface area contributed by atoms with Crippen molar-refractivity contribution in [1.29, 1.82) is 0 Å². The van der Waals surface area contributed by atoms with Crippen molar-refractivity contribution in [1.82, 2.24) is 10.7 Å². The van der Waals surface area contributed by atoms with Gasteiger partial charge in [-0.2, -0.15) is 5.10 Å². The lowest BCUT2D eigenvalue weighted by molar-refractivity contribution is -0.139. The van der Waals surface area contributed by atoms with Gasteiger partial charge < -0.3 is 10.6 Å². The van der Waals surface area contributed by atoms with Crippen LogP contribution in [0.3, 0.4) is 0 Å². The molecule has 0 fully saturated rings. The van der Waals surface area contributed by atoms with E-state index in [2.05, 4.69) is 21.2 Å². The van der Waals surface area contributed by atoms with Crippen LogP contribution in [0.1, 0.15) is 25.0 Å². The number of halogens is 2. The first-order valence-electron chi connectivity index (χ1n) is 8.23. The first kappa shape index (κ1) is 20.7. The molecule has 0 spiro atoms. The van der Waals surface area contributed by atoms with Crippen molar-refractivity contribution in [3.05, 3.63) is 57.6 Å². The molecule has 2 aromatic rings. The monoisotopic (exact) mass is 406 g/mol. The van der Waals surface area contributed by atoms with Crippen molar-refractivity contribution < 1.29 is 9.59 Å². The van der Waals surface area contributed by atoms with Gasteiger partial charge in [0.15, 0.2) is 0 Å². The van der Waals surface area contributed by atoms with Crippen LogP contribution in [0.2, 0.25) is 10.0 Å². The number of nitrogens with zero attached hydrogens (tertiary/aromatic N) is 1. The maximum atomic E-state index is 11.7. The minimum absolute atomic E-state index is 0.142. The molecule has 0 saturated heterocycles. The van der Waals surface area contributed by atoms with E-state index in [0.717, 1.165) is 16.9 Å². The van der Waals surface area contributed by atoms with Gasteiger partial charge in [-0.05, 0) is 56.7 Å². The third-order valence-corrected chi connectivity index (χ3v) is 3.95. The van der Waals surface area contributed by atoms with Gasteiger partial charge in [0, 0.05) is 33.0 Å². The van der Waals surface area contributed by atoms with E-state index in [0.29, 0.717) is 15.6 Å². The highest BCUT2D eigenvalue weighted by Gasteiger charge is 2.13. The number of nitrogens with one attached hydrogen (secondary N) is 3. The summed E-state index contributed by atoms with van der Waals surface area (Å²) in [4.78, 5) is 23.3. The number of carbonyl (C=O) groups is 2. The molecule has 2 rings (SSSR count). The summed E-state index contributed by atoms with van der Waals surface area (Å²) in [6.07, 6.45) is 1.41. The Kier molecular flexibility index (Phi) is 7.21. The number of rotatable bonds is 5. The number of hydrazone groups is 1. The predicted molar refractivity (Wildman–Crippen MR) is 110 cm³/mol. The maximum absolute atomic E-state index is 11.7. The van der Waals surface area contributed by atoms with Crippen molar-refractivity contribution in [2.45, 2.75) is 26.8 Å². The van der Waals surface area contributed by atoms with Gasteiger partial charge >= 0.3 is 11.8 Å². The zero-order valence-electron chi connectivity index (χ0n) is 15.1. The molecule has 2 amide bonds. The Morgan fingerprint density at radius 1 is 1.00 bits per heavy atom. The quantitative estimate of drug-likeness (QED) is 0.398. The van der Waals surface area contributed by atoms with Crippen LogP contribution in [-0.4, -0.2) is 24.1 Å². The average Bonchev–Trinajstić information content (AvgIpc) is 2.59. The van der Waals surface area contributed by atoms with Crippen LogP contribution < -0.4 is 16.1 Å². The number of anilines is 2. The number of hydrogen-bond donors (Lipinski definition) is 3. The molecule has 0 aliphatic heterocycles. The third-order valence-electron chi connectivity index (χ3n) is 3.48. The first-order valence-corrected chi connectivity index (χ1v) is 8.98. The van der Waals surface area contributed by atoms with E-state index in [4.69, 9.17) is 23.2 Å². The van der Waals surface area contributed by atoms with Gasteiger partial charge in [-0.25, -0.2) is 5.43 Å². The summed E-state index contributed by atoms with van der Waals surface area (Å²) in [5, 5.41) is 10.7. The minimum Gasteiger partial charge on any atom is -0.355 e. The average molecular weight is 407 g/mol. The Hall–Kier alpha value is -2.57. The van der Waals surface area contributed by atoms with Gasteiger partial charge in [-0.15, -0.1) is 0 Å². The lowest BCUT2D eigenvalue weighted by Crippen LogP contribution is -2.41. The SMILES string of the molecule is Cc1ccc(Cl)cc1Nc1ccc(Cl)cc1/C=N\NC(=O)C(=O)NC(C)C. The number of aryl methyl sites for hydroxylation is 1. The van der Waals surface area contributed by atoms with Crippen LogP contribution in [0, 0.1) is 6.92 Å². The second-order valence-corrected chi connectivity index (χ2v) is 7.02. The fraction of sp³-hybridized carbons (Fsp3) is 0.211. The van der Waals surface area contributed by atoms with Crippen molar-refractivity contribution in [3.8, 4) is 0 Å². The number of benzene rings is 2. The molecule has 6 nitrogen and oxygen atoms in total. The summed E-state index contributed by atoms with van der Waals surface area (Å²) in [6.45, 7) is 5.47. The minimum atomic E-state index is -0.845. The number of amides is 2. The van der Waals surface area contributed by atoms with Crippen LogP contribution in [0.15, 0.2) is 41.5 Å². The molecule has 0 saturated carbocycles. The molecule has 0 bridgehead atoms. The second-order valence-electron chi connectivity index (χ2n) is 6.14. The van der Waals surface area contributed by atoms with Crippen molar-refractivity contribution in [2.24, 2.45) is 5.10 Å². The number of carbonyl (C=O) groups excluding carboxylic acids is 2. The highest BCUT2D eigenvalue weighted by molar-refractivity contribution is 6.35. The second kappa shape index (κ2) is 9.39. The summed E-state index contributed by atoms with van der Waals surface area (Å²) in [5.74, 6) is -1.59. The zero-order chi connectivity index (χ0) is 20.0. The first-order chi connectivity index (χ1) is 12.8. The summed E-state index contributed by atoms with van der Waals surface area (Å²) in [6, 6.07) is 10.6. The predicted octanol–water partition coefficient (Wildman–Crippen LogP) is 4.02. The van der Waals surface area contributed by atoms with E-state index in [9.17, 15) is 9.59 Å². The molecule has 27 heavy (non-hydrogen) atoms. The largest absolute Gasteiger partial charge is 0.355 e. The molecule has 0 aliphatic carbocycles. The Labute approximate surface area is 167 Å². The molecular formula is C19H20Cl2N4O2. The topological polar surface area (TPSA) is 82.6 Å². The summed E-state index contributed by atoms with van der Waals surface area (Å²) >= 11 is 12.1. The van der Waals surface area contributed by atoms with Crippen LogP contribution >= 0.6 is 23.2 Å². The lowest BCUT2D eigenvalue weighted by atomic mass is 10.1. The van der Waals surface area contributed by atoms with E-state index in [1.807, 2.05) is 25.1 Å². The van der Waals surface area contributed by atoms with E-state index >= 15 is 0 Å². The molecule has 0 unspecified atom stereocenters. The number of hydrogen-bond acceptors (Lipinski definition) is 4. The summed E-state index contributed by atoms with van der Waals surface area (Å²) < 4.78 is 0. The Bertz CT molecular complexity index is 882. The molecule has 2 aromatic carbocycles. The smallest absolute Gasteiger partial charge is 0.329 e. The summed E-state index contributed by atoms with van der Waals surface area (Å²) in [5.41, 5.74) is 5.39. The molecule has 142 valence electrons. The van der Waals surface area contributed by atoms with Crippen LogP contribution in [0.4, 0.5) is 11.4 Å². The molecule has 0 radical (unpaired) electrons. The normalized spacial score (nSPS) is 10.9. The molecular weight excluding hydrogens is 387 g/mol. The standard InChI is InChI=1S/C19H20Cl2N4O2/c1-11(2)23-18(26)19(27)25-22-10-13-8-14(20)6-7-16(13)24-17-9-15(21)5-4-12(17)3/h4-11,24H,1-3H3,(H,23,26)(H,25,27)/b22-10-. The Morgan fingerprint density at radius 2 is 1.67 bits per heavy atom. The van der Waals surface area contributed by atoms with E-state index in [1.54, 1.807) is 32.0 Å². The molecule has 3 N–H and O–H groups in total. The lowest BCUT2D eigenvalue weighted by Gasteiger charge is -2.13. The van der Waals surface area contributed by atoms with Gasteiger partial charge in [0.25, 0.3) is 0 Å². The Balaban J connectivity index is 2.17. The van der Waals surface area contributed by atoms with Crippen LogP contribution in [0.5, 0.6) is 0 Å². The van der Waals surface area contributed by atoms with Crippen molar-refractivity contribution in [3.63, 3.8) is 0 Å². The van der Waals surface area contributed by atoms with E-state index in [-0.39, 0.29) is 6.04 Å². The van der Waals surface area contributed by atoms with E-state index in [1.165, 1.54) is 6.21 Å². The van der Waals surface area contributed by atoms with Gasteiger partial charge in [0.2, 0.25) is 0 Å². The third kappa shape index (κ3) is 6.27. The van der Waals surface area contributed by atoms with Crippen molar-refractivity contribution >= 4 is 52.6 Å². The molecule has 0 atom stereocenters. The highest BCUT2D eigenvalue weighted by Crippen LogP contribution is 2.27. The van der Waals surface area contributed by atoms with Gasteiger partial charge in [0.05, 0.1) is 6.21 Å². The maximum Gasteiger partial charge on any atom is 0.329 e. The van der Waals surface area contributed by atoms with Crippen LogP contribution in [-0.2, 0) is 9.59 Å². The van der Waals surface area contributed by atoms with E-state index < -0.39 is 11.8 Å². The van der Waals surface area contributed by atoms with Gasteiger partial charge in [-0.3, -0.25) is 9.59 Å². The Morgan fingerprint density at radius 3 is 2.37 bits per heavy atom. The van der Waals surface area contributed by atoms with Gasteiger partial charge in [0.1, 0.15) is 0 Å².